The Hall–Kier alpha value is -3.58. The maximum Gasteiger partial charge on any atom is 0.256 e. The number of anilines is 1. The number of rotatable bonds is 7. The molecule has 4 rings (SSSR count). The van der Waals surface area contributed by atoms with Crippen molar-refractivity contribution in [3.05, 3.63) is 96.1 Å². The molecule has 0 spiro atoms. The summed E-state index contributed by atoms with van der Waals surface area (Å²) in [6.45, 7) is 1.77. The maximum atomic E-state index is 12.9. The summed E-state index contributed by atoms with van der Waals surface area (Å²) >= 11 is 1.48. The number of para-hydroxylation sites is 1. The molecule has 3 aromatic carbocycles. The normalized spacial score (nSPS) is 10.6. The molecule has 30 heavy (non-hydrogen) atoms. The fourth-order valence-corrected chi connectivity index (χ4v) is 3.67. The van der Waals surface area contributed by atoms with Gasteiger partial charge in [0.15, 0.2) is 5.82 Å². The van der Waals surface area contributed by atoms with Crippen LogP contribution in [0.5, 0.6) is 11.5 Å². The predicted molar refractivity (Wildman–Crippen MR) is 116 cm³/mol. The Morgan fingerprint density at radius 1 is 1.00 bits per heavy atom. The second kappa shape index (κ2) is 9.28. The molecule has 0 aliphatic rings. The third-order valence-electron chi connectivity index (χ3n) is 4.12. The summed E-state index contributed by atoms with van der Waals surface area (Å²) in [4.78, 5) is 17.9. The highest BCUT2D eigenvalue weighted by Gasteiger charge is 2.13. The lowest BCUT2D eigenvalue weighted by Gasteiger charge is -2.11. The van der Waals surface area contributed by atoms with Gasteiger partial charge in [0, 0.05) is 16.6 Å². The van der Waals surface area contributed by atoms with Crippen molar-refractivity contribution >= 4 is 23.4 Å². The minimum atomic E-state index is -0.198. The molecule has 4 aromatic rings. The molecular formula is C23H19N3O3S. The zero-order valence-corrected chi connectivity index (χ0v) is 17.1. The van der Waals surface area contributed by atoms with Crippen molar-refractivity contribution in [2.75, 3.05) is 5.32 Å². The van der Waals surface area contributed by atoms with Gasteiger partial charge in [-0.3, -0.25) is 4.79 Å². The Bertz CT molecular complexity index is 1150. The molecule has 7 heteroatoms. The molecule has 0 bridgehead atoms. The minimum absolute atomic E-state index is 0.198. The van der Waals surface area contributed by atoms with E-state index in [2.05, 4.69) is 15.5 Å². The van der Waals surface area contributed by atoms with E-state index in [0.717, 1.165) is 10.6 Å². The number of thioether (sulfide) groups is 1. The Labute approximate surface area is 178 Å². The van der Waals surface area contributed by atoms with E-state index in [-0.39, 0.29) is 5.91 Å². The number of hydrogen-bond donors (Lipinski definition) is 1. The zero-order chi connectivity index (χ0) is 20.8. The summed E-state index contributed by atoms with van der Waals surface area (Å²) in [5, 5.41) is 6.73. The molecule has 1 N–H and O–H groups in total. The number of amides is 1. The standard InChI is InChI=1S/C23H19N3O3S/c1-16-24-22(29-26-16)15-30-21-13-6-5-12-20(21)23(27)25-17-8-7-11-19(14-17)28-18-9-3-2-4-10-18/h2-14H,15H2,1H3,(H,25,27). The maximum absolute atomic E-state index is 12.9. The lowest BCUT2D eigenvalue weighted by Crippen LogP contribution is -2.13. The molecule has 6 nitrogen and oxygen atoms in total. The molecule has 0 unspecified atom stereocenters. The van der Waals surface area contributed by atoms with Gasteiger partial charge in [-0.25, -0.2) is 0 Å². The fraction of sp³-hybridized carbons (Fsp3) is 0.0870. The van der Waals surface area contributed by atoms with Gasteiger partial charge < -0.3 is 14.6 Å². The van der Waals surface area contributed by atoms with E-state index in [1.54, 1.807) is 19.1 Å². The highest BCUT2D eigenvalue weighted by molar-refractivity contribution is 7.98. The SMILES string of the molecule is Cc1noc(CSc2ccccc2C(=O)Nc2cccc(Oc3ccccc3)c2)n1. The monoisotopic (exact) mass is 417 g/mol. The van der Waals surface area contributed by atoms with Crippen LogP contribution in [0.2, 0.25) is 0 Å². The number of carbonyl (C=O) groups excluding carboxylic acids is 1. The molecule has 0 saturated heterocycles. The van der Waals surface area contributed by atoms with E-state index in [1.807, 2.05) is 66.7 Å². The van der Waals surface area contributed by atoms with Crippen LogP contribution in [0.15, 0.2) is 88.3 Å². The average molecular weight is 417 g/mol. The number of nitrogens with one attached hydrogen (secondary N) is 1. The number of aryl methyl sites for hydroxylation is 1. The van der Waals surface area contributed by atoms with Gasteiger partial charge in [-0.05, 0) is 43.3 Å². The molecule has 1 amide bonds. The highest BCUT2D eigenvalue weighted by Crippen LogP contribution is 2.28. The number of benzene rings is 3. The van der Waals surface area contributed by atoms with E-state index in [1.165, 1.54) is 11.8 Å². The molecule has 0 radical (unpaired) electrons. The van der Waals surface area contributed by atoms with Crippen LogP contribution in [0.4, 0.5) is 5.69 Å². The van der Waals surface area contributed by atoms with Crippen LogP contribution in [-0.4, -0.2) is 16.0 Å². The predicted octanol–water partition coefficient (Wildman–Crippen LogP) is 5.71. The first-order valence-corrected chi connectivity index (χ1v) is 10.3. The Balaban J connectivity index is 1.45. The van der Waals surface area contributed by atoms with Gasteiger partial charge in [0.2, 0.25) is 5.89 Å². The Morgan fingerprint density at radius 2 is 1.77 bits per heavy atom. The topological polar surface area (TPSA) is 77.2 Å². The smallest absolute Gasteiger partial charge is 0.256 e. The van der Waals surface area contributed by atoms with Crippen LogP contribution < -0.4 is 10.1 Å². The number of aromatic nitrogens is 2. The Kier molecular flexibility index (Phi) is 6.10. The fourth-order valence-electron chi connectivity index (χ4n) is 2.78. The van der Waals surface area contributed by atoms with Crippen molar-refractivity contribution in [3.63, 3.8) is 0 Å². The minimum Gasteiger partial charge on any atom is -0.457 e. The van der Waals surface area contributed by atoms with Gasteiger partial charge in [0.25, 0.3) is 5.91 Å². The summed E-state index contributed by atoms with van der Waals surface area (Å²) in [7, 11) is 0. The molecule has 0 atom stereocenters. The van der Waals surface area contributed by atoms with E-state index in [0.29, 0.717) is 34.5 Å². The zero-order valence-electron chi connectivity index (χ0n) is 16.2. The van der Waals surface area contributed by atoms with Gasteiger partial charge in [-0.15, -0.1) is 11.8 Å². The number of carbonyl (C=O) groups is 1. The lowest BCUT2D eigenvalue weighted by atomic mass is 10.2. The van der Waals surface area contributed by atoms with Crippen molar-refractivity contribution in [2.24, 2.45) is 0 Å². The second-order valence-electron chi connectivity index (χ2n) is 6.42. The van der Waals surface area contributed by atoms with Crippen molar-refractivity contribution in [2.45, 2.75) is 17.6 Å². The van der Waals surface area contributed by atoms with Crippen LogP contribution in [0.25, 0.3) is 0 Å². The lowest BCUT2D eigenvalue weighted by molar-refractivity contribution is 0.102. The first-order valence-electron chi connectivity index (χ1n) is 9.33. The summed E-state index contributed by atoms with van der Waals surface area (Å²) in [6.07, 6.45) is 0. The first kappa shape index (κ1) is 19.7. The van der Waals surface area contributed by atoms with Crippen molar-refractivity contribution in [3.8, 4) is 11.5 Å². The van der Waals surface area contributed by atoms with Gasteiger partial charge in [-0.1, -0.05) is 41.6 Å². The van der Waals surface area contributed by atoms with Gasteiger partial charge >= 0.3 is 0 Å². The second-order valence-corrected chi connectivity index (χ2v) is 7.43. The first-order chi connectivity index (χ1) is 14.7. The van der Waals surface area contributed by atoms with E-state index < -0.39 is 0 Å². The van der Waals surface area contributed by atoms with E-state index >= 15 is 0 Å². The third kappa shape index (κ3) is 5.07. The summed E-state index contributed by atoms with van der Waals surface area (Å²) < 4.78 is 11.0. The highest BCUT2D eigenvalue weighted by atomic mass is 32.2. The van der Waals surface area contributed by atoms with Crippen LogP contribution in [0.3, 0.4) is 0 Å². The van der Waals surface area contributed by atoms with Crippen molar-refractivity contribution < 1.29 is 14.1 Å². The number of nitrogens with zero attached hydrogens (tertiary/aromatic N) is 2. The molecule has 150 valence electrons. The van der Waals surface area contributed by atoms with Crippen LogP contribution in [0.1, 0.15) is 22.1 Å². The molecule has 0 aliphatic carbocycles. The molecule has 0 aliphatic heterocycles. The summed E-state index contributed by atoms with van der Waals surface area (Å²) in [5.41, 5.74) is 1.23. The van der Waals surface area contributed by atoms with Crippen molar-refractivity contribution in [1.82, 2.24) is 10.1 Å². The molecular weight excluding hydrogens is 398 g/mol. The van der Waals surface area contributed by atoms with Crippen LogP contribution in [-0.2, 0) is 5.75 Å². The number of ether oxygens (including phenoxy) is 1. The third-order valence-corrected chi connectivity index (χ3v) is 5.18. The molecule has 0 fully saturated rings. The van der Waals surface area contributed by atoms with Gasteiger partial charge in [0.1, 0.15) is 11.5 Å². The number of hydrogen-bond acceptors (Lipinski definition) is 6. The summed E-state index contributed by atoms with van der Waals surface area (Å²) in [5.74, 6) is 2.79. The van der Waals surface area contributed by atoms with Crippen LogP contribution >= 0.6 is 11.8 Å². The van der Waals surface area contributed by atoms with E-state index in [4.69, 9.17) is 9.26 Å². The van der Waals surface area contributed by atoms with Gasteiger partial charge in [-0.2, -0.15) is 4.98 Å². The van der Waals surface area contributed by atoms with Crippen molar-refractivity contribution in [1.29, 1.82) is 0 Å². The van der Waals surface area contributed by atoms with Crippen LogP contribution in [0, 0.1) is 6.92 Å². The molecule has 1 aromatic heterocycles. The summed E-state index contributed by atoms with van der Waals surface area (Å²) in [6, 6.07) is 24.2. The largest absolute Gasteiger partial charge is 0.457 e. The molecule has 0 saturated carbocycles. The quantitative estimate of drug-likeness (QED) is 0.388. The Morgan fingerprint density at radius 3 is 2.57 bits per heavy atom. The average Bonchev–Trinajstić information content (AvgIpc) is 3.18. The van der Waals surface area contributed by atoms with E-state index in [9.17, 15) is 4.79 Å². The molecule has 1 heterocycles. The van der Waals surface area contributed by atoms with Gasteiger partial charge in [0.05, 0.1) is 11.3 Å².